The Morgan fingerprint density at radius 1 is 1.11 bits per heavy atom. The number of alkyl halides is 3. The zero-order valence-electron chi connectivity index (χ0n) is 13.7. The molecule has 4 nitrogen and oxygen atoms in total. The van der Waals surface area contributed by atoms with Crippen molar-refractivity contribution in [2.24, 2.45) is 0 Å². The summed E-state index contributed by atoms with van der Waals surface area (Å²) in [4.78, 5) is 24.3. The normalized spacial score (nSPS) is 11.6. The monoisotopic (exact) mass is 398 g/mol. The van der Waals surface area contributed by atoms with Gasteiger partial charge in [0.2, 0.25) is 5.91 Å². The van der Waals surface area contributed by atoms with Crippen LogP contribution in [0, 0.1) is 5.82 Å². The molecule has 27 heavy (non-hydrogen) atoms. The maximum atomic E-state index is 13.6. The van der Waals surface area contributed by atoms with Crippen molar-refractivity contribution in [2.45, 2.75) is 13.1 Å². The highest BCUT2D eigenvalue weighted by Gasteiger charge is 2.31. The highest BCUT2D eigenvalue weighted by Crippen LogP contribution is 2.34. The van der Waals surface area contributed by atoms with Crippen LogP contribution in [-0.2, 0) is 6.18 Å². The van der Waals surface area contributed by atoms with E-state index in [1.165, 1.54) is 19.2 Å². The highest BCUT2D eigenvalue weighted by molar-refractivity contribution is 6.34. The summed E-state index contributed by atoms with van der Waals surface area (Å²) in [6, 6.07) is 6.03. The van der Waals surface area contributed by atoms with Crippen molar-refractivity contribution in [1.82, 2.24) is 4.57 Å². The summed E-state index contributed by atoms with van der Waals surface area (Å²) in [5.74, 6) is -1.87. The van der Waals surface area contributed by atoms with Gasteiger partial charge in [0.15, 0.2) is 0 Å². The lowest BCUT2D eigenvalue weighted by Gasteiger charge is -2.11. The first-order chi connectivity index (χ1) is 12.6. The number of anilines is 1. The lowest BCUT2D eigenvalue weighted by molar-refractivity contribution is -0.137. The Bertz CT molecular complexity index is 1070. The second kappa shape index (κ2) is 6.70. The highest BCUT2D eigenvalue weighted by atomic mass is 35.5. The molecule has 2 aromatic carbocycles. The van der Waals surface area contributed by atoms with Gasteiger partial charge < -0.3 is 5.32 Å². The van der Waals surface area contributed by atoms with Gasteiger partial charge in [-0.3, -0.25) is 14.2 Å². The topological polar surface area (TPSA) is 51.1 Å². The van der Waals surface area contributed by atoms with Crippen LogP contribution in [0.3, 0.4) is 0 Å². The Hall–Kier alpha value is -2.87. The maximum absolute atomic E-state index is 13.6. The number of benzene rings is 2. The van der Waals surface area contributed by atoms with E-state index in [0.717, 1.165) is 28.8 Å². The van der Waals surface area contributed by atoms with Gasteiger partial charge >= 0.3 is 6.18 Å². The number of aromatic nitrogens is 1. The van der Waals surface area contributed by atoms with Crippen molar-refractivity contribution >= 4 is 40.0 Å². The SMILES string of the molecule is CC(=O)n1cc(C(=O)Nc2cc(C(F)(F)F)ccc2Cl)c2cc(F)ccc21. The van der Waals surface area contributed by atoms with Crippen molar-refractivity contribution < 1.29 is 27.2 Å². The van der Waals surface area contributed by atoms with E-state index >= 15 is 0 Å². The molecule has 1 N–H and O–H groups in total. The predicted octanol–water partition coefficient (Wildman–Crippen LogP) is 5.37. The molecule has 0 saturated heterocycles. The Labute approximate surface area is 155 Å². The lowest BCUT2D eigenvalue weighted by atomic mass is 10.1. The fourth-order valence-electron chi connectivity index (χ4n) is 2.63. The number of hydrogen-bond donors (Lipinski definition) is 1. The van der Waals surface area contributed by atoms with Crippen molar-refractivity contribution in [1.29, 1.82) is 0 Å². The van der Waals surface area contributed by atoms with E-state index in [1.54, 1.807) is 0 Å². The Kier molecular flexibility index (Phi) is 4.69. The Morgan fingerprint density at radius 2 is 1.81 bits per heavy atom. The smallest absolute Gasteiger partial charge is 0.321 e. The molecule has 1 heterocycles. The largest absolute Gasteiger partial charge is 0.416 e. The van der Waals surface area contributed by atoms with Crippen LogP contribution in [0.5, 0.6) is 0 Å². The van der Waals surface area contributed by atoms with Gasteiger partial charge in [-0.25, -0.2) is 4.39 Å². The summed E-state index contributed by atoms with van der Waals surface area (Å²) in [6.07, 6.45) is -3.42. The van der Waals surface area contributed by atoms with Crippen molar-refractivity contribution in [3.63, 3.8) is 0 Å². The second-order valence-corrected chi connectivity index (χ2v) is 6.15. The number of fused-ring (bicyclic) bond motifs is 1. The van der Waals surface area contributed by atoms with E-state index in [2.05, 4.69) is 5.32 Å². The van der Waals surface area contributed by atoms with Gasteiger partial charge in [0.25, 0.3) is 5.91 Å². The van der Waals surface area contributed by atoms with E-state index < -0.39 is 29.4 Å². The van der Waals surface area contributed by atoms with Gasteiger partial charge in [0.1, 0.15) is 5.82 Å². The zero-order valence-corrected chi connectivity index (χ0v) is 14.5. The molecule has 0 aliphatic heterocycles. The second-order valence-electron chi connectivity index (χ2n) is 5.74. The molecular weight excluding hydrogens is 388 g/mol. The molecule has 0 spiro atoms. The van der Waals surface area contributed by atoms with Crippen molar-refractivity contribution in [2.75, 3.05) is 5.32 Å². The number of nitrogens with one attached hydrogen (secondary N) is 1. The average Bonchev–Trinajstić information content (AvgIpc) is 2.94. The van der Waals surface area contributed by atoms with E-state index in [-0.39, 0.29) is 21.7 Å². The number of hydrogen-bond acceptors (Lipinski definition) is 2. The summed E-state index contributed by atoms with van der Waals surface area (Å²) in [5.41, 5.74) is -1.02. The van der Waals surface area contributed by atoms with E-state index in [1.807, 2.05) is 0 Å². The summed E-state index contributed by atoms with van der Waals surface area (Å²) < 4.78 is 53.3. The third-order valence-corrected chi connectivity index (χ3v) is 4.22. The van der Waals surface area contributed by atoms with Crippen LogP contribution in [0.15, 0.2) is 42.6 Å². The molecule has 0 aliphatic carbocycles. The van der Waals surface area contributed by atoms with Crippen molar-refractivity contribution in [3.8, 4) is 0 Å². The molecule has 0 saturated carbocycles. The number of carbonyl (C=O) groups is 2. The van der Waals surface area contributed by atoms with Gasteiger partial charge in [-0.1, -0.05) is 11.6 Å². The first-order valence-electron chi connectivity index (χ1n) is 7.57. The number of halogens is 5. The molecule has 1 amide bonds. The van der Waals surface area contributed by atoms with Gasteiger partial charge in [-0.15, -0.1) is 0 Å². The maximum Gasteiger partial charge on any atom is 0.416 e. The number of carbonyl (C=O) groups excluding carboxylic acids is 2. The van der Waals surface area contributed by atoms with Gasteiger partial charge in [0, 0.05) is 18.5 Å². The molecule has 0 atom stereocenters. The molecule has 0 bridgehead atoms. The average molecular weight is 399 g/mol. The Morgan fingerprint density at radius 3 is 2.44 bits per heavy atom. The fourth-order valence-corrected chi connectivity index (χ4v) is 2.80. The van der Waals surface area contributed by atoms with Crippen LogP contribution >= 0.6 is 11.6 Å². The molecule has 3 rings (SSSR count). The van der Waals surface area contributed by atoms with Gasteiger partial charge in [-0.05, 0) is 36.4 Å². The van der Waals surface area contributed by atoms with E-state index in [4.69, 9.17) is 11.6 Å². The van der Waals surface area contributed by atoms with Crippen LogP contribution in [0.2, 0.25) is 5.02 Å². The number of amides is 1. The molecule has 0 fully saturated rings. The van der Waals surface area contributed by atoms with Gasteiger partial charge in [-0.2, -0.15) is 13.2 Å². The van der Waals surface area contributed by atoms with Crippen LogP contribution < -0.4 is 5.32 Å². The minimum Gasteiger partial charge on any atom is -0.321 e. The molecule has 0 radical (unpaired) electrons. The molecular formula is C18H11ClF4N2O2. The van der Waals surface area contributed by atoms with Crippen molar-refractivity contribution in [3.05, 3.63) is 64.6 Å². The first-order valence-corrected chi connectivity index (χ1v) is 7.95. The molecule has 3 aromatic rings. The van der Waals surface area contributed by atoms with Crippen LogP contribution in [-0.4, -0.2) is 16.4 Å². The first kappa shape index (κ1) is 18.9. The standard InChI is InChI=1S/C18H11ClF4N2O2/c1-9(26)25-8-13(12-7-11(20)3-5-16(12)25)17(27)24-15-6-10(18(21,22)23)2-4-14(15)19/h2-8H,1H3,(H,24,27). The lowest BCUT2D eigenvalue weighted by Crippen LogP contribution is -2.13. The third-order valence-electron chi connectivity index (χ3n) is 3.89. The molecule has 0 aliphatic rings. The van der Waals surface area contributed by atoms with E-state index in [0.29, 0.717) is 11.6 Å². The zero-order chi connectivity index (χ0) is 19.9. The molecule has 140 valence electrons. The molecule has 0 unspecified atom stereocenters. The quantitative estimate of drug-likeness (QED) is 0.590. The minimum absolute atomic E-state index is 0.0758. The van der Waals surface area contributed by atoms with Crippen LogP contribution in [0.25, 0.3) is 10.9 Å². The van der Waals surface area contributed by atoms with Gasteiger partial charge in [0.05, 0.1) is 27.4 Å². The summed E-state index contributed by atoms with van der Waals surface area (Å²) in [7, 11) is 0. The van der Waals surface area contributed by atoms with E-state index in [9.17, 15) is 27.2 Å². The number of rotatable bonds is 2. The molecule has 1 aromatic heterocycles. The summed E-state index contributed by atoms with van der Waals surface area (Å²) >= 11 is 5.88. The van der Waals surface area contributed by atoms with Crippen LogP contribution in [0.1, 0.15) is 27.6 Å². The summed E-state index contributed by atoms with van der Waals surface area (Å²) in [5, 5.41) is 2.33. The number of nitrogens with zero attached hydrogens (tertiary/aromatic N) is 1. The minimum atomic E-state index is -4.61. The fraction of sp³-hybridized carbons (Fsp3) is 0.111. The Balaban J connectivity index is 2.05. The third kappa shape index (κ3) is 3.66. The summed E-state index contributed by atoms with van der Waals surface area (Å²) in [6.45, 7) is 1.26. The predicted molar refractivity (Wildman–Crippen MR) is 92.6 cm³/mol. The van der Waals surface area contributed by atoms with Crippen LogP contribution in [0.4, 0.5) is 23.2 Å². The molecule has 9 heteroatoms.